The second-order valence-electron chi connectivity index (χ2n) is 4.42. The lowest BCUT2D eigenvalue weighted by Crippen LogP contribution is -2.21. The molecule has 2 rings (SSSR count). The maximum atomic E-state index is 13.5. The molecule has 1 atom stereocenters. The molecule has 1 unspecified atom stereocenters. The number of rotatable bonds is 4. The molecule has 0 aromatic heterocycles. The van der Waals surface area contributed by atoms with Gasteiger partial charge in [-0.25, -0.2) is 18.4 Å². The van der Waals surface area contributed by atoms with Gasteiger partial charge in [0.05, 0.1) is 0 Å². The summed E-state index contributed by atoms with van der Waals surface area (Å²) in [4.78, 5) is 22.9. The molecule has 0 bridgehead atoms. The number of carbonyl (C=O) groups is 2. The molecule has 0 saturated carbocycles. The highest BCUT2D eigenvalue weighted by Crippen LogP contribution is 2.29. The van der Waals surface area contributed by atoms with Gasteiger partial charge >= 0.3 is 11.9 Å². The Balaban J connectivity index is 2.31. The van der Waals surface area contributed by atoms with Crippen molar-refractivity contribution >= 4 is 11.9 Å². The van der Waals surface area contributed by atoms with E-state index in [1.807, 2.05) is 0 Å². The van der Waals surface area contributed by atoms with Gasteiger partial charge in [-0.2, -0.15) is 0 Å². The molecular weight excluding hydrogens is 314 g/mol. The fourth-order valence-electron chi connectivity index (χ4n) is 1.84. The minimum Gasteiger partial charge on any atom is -0.507 e. The topological polar surface area (TPSA) is 104 Å². The third-order valence-corrected chi connectivity index (χ3v) is 2.93. The van der Waals surface area contributed by atoms with Crippen LogP contribution in [0.3, 0.4) is 0 Å². The van der Waals surface area contributed by atoms with Crippen LogP contribution in [0.5, 0.6) is 11.5 Å². The molecular formula is C15H10F2O6. The van der Waals surface area contributed by atoms with Gasteiger partial charge < -0.3 is 20.1 Å². The molecule has 6 nitrogen and oxygen atoms in total. The van der Waals surface area contributed by atoms with Crippen LogP contribution in [-0.2, 0) is 4.79 Å². The Labute approximate surface area is 128 Å². The zero-order valence-electron chi connectivity index (χ0n) is 11.4. The van der Waals surface area contributed by atoms with Gasteiger partial charge in [0, 0.05) is 5.56 Å². The summed E-state index contributed by atoms with van der Waals surface area (Å²) < 4.78 is 31.3. The number of esters is 1. The molecule has 0 radical (unpaired) electrons. The maximum absolute atomic E-state index is 13.5. The highest BCUT2D eigenvalue weighted by molar-refractivity contribution is 5.95. The van der Waals surface area contributed by atoms with Crippen LogP contribution in [0.25, 0.3) is 0 Å². The molecule has 0 amide bonds. The number of carbonyl (C=O) groups excluding carboxylic acids is 1. The first kappa shape index (κ1) is 16.4. The Morgan fingerprint density at radius 1 is 1.09 bits per heavy atom. The molecule has 0 saturated heterocycles. The van der Waals surface area contributed by atoms with E-state index in [0.717, 1.165) is 30.3 Å². The van der Waals surface area contributed by atoms with E-state index >= 15 is 0 Å². The molecule has 0 aliphatic heterocycles. The lowest BCUT2D eigenvalue weighted by atomic mass is 10.1. The number of aliphatic hydroxyl groups excluding tert-OH is 1. The van der Waals surface area contributed by atoms with Crippen molar-refractivity contribution in [1.82, 2.24) is 0 Å². The molecule has 0 heterocycles. The molecule has 23 heavy (non-hydrogen) atoms. The number of ether oxygens (including phenoxy) is 1. The van der Waals surface area contributed by atoms with E-state index in [1.54, 1.807) is 0 Å². The molecule has 8 heteroatoms. The Hall–Kier alpha value is -3.00. The number of hydrogen-bond acceptors (Lipinski definition) is 5. The lowest BCUT2D eigenvalue weighted by molar-refractivity contribution is -0.144. The van der Waals surface area contributed by atoms with Crippen molar-refractivity contribution in [3.05, 3.63) is 59.2 Å². The number of halogens is 2. The summed E-state index contributed by atoms with van der Waals surface area (Å²) in [5.74, 6) is -6.89. The summed E-state index contributed by atoms with van der Waals surface area (Å²) in [5, 5.41) is 28.2. The molecule has 3 N–H and O–H groups in total. The molecule has 0 fully saturated rings. The van der Waals surface area contributed by atoms with Crippen molar-refractivity contribution in [2.24, 2.45) is 0 Å². The van der Waals surface area contributed by atoms with Crippen molar-refractivity contribution < 1.29 is 38.4 Å². The number of aliphatic hydroxyl groups is 1. The first-order chi connectivity index (χ1) is 10.8. The molecule has 2 aromatic carbocycles. The predicted molar refractivity (Wildman–Crippen MR) is 72.0 cm³/mol. The first-order valence-corrected chi connectivity index (χ1v) is 6.22. The fourth-order valence-corrected chi connectivity index (χ4v) is 1.84. The van der Waals surface area contributed by atoms with Gasteiger partial charge in [-0.15, -0.1) is 0 Å². The predicted octanol–water partition coefficient (Wildman–Crippen LogP) is 2.01. The van der Waals surface area contributed by atoms with Crippen LogP contribution < -0.4 is 4.74 Å². The van der Waals surface area contributed by atoms with Gasteiger partial charge in [-0.1, -0.05) is 18.2 Å². The monoisotopic (exact) mass is 324 g/mol. The van der Waals surface area contributed by atoms with Crippen LogP contribution in [0, 0.1) is 11.6 Å². The van der Waals surface area contributed by atoms with Crippen molar-refractivity contribution in [1.29, 1.82) is 0 Å². The van der Waals surface area contributed by atoms with E-state index in [9.17, 15) is 28.6 Å². The summed E-state index contributed by atoms with van der Waals surface area (Å²) >= 11 is 0. The molecule has 2 aromatic rings. The van der Waals surface area contributed by atoms with E-state index in [4.69, 9.17) is 5.11 Å². The number of carboxylic acids is 1. The standard InChI is InChI=1S/C15H10F2O6/c16-8-4-1-3-7(12(8)17)13(19)15(22)23-10-6-2-5-9(18)11(10)14(20)21/h1-6,13,18-19H,(H,20,21). The molecule has 0 spiro atoms. The zero-order chi connectivity index (χ0) is 17.1. The highest BCUT2D eigenvalue weighted by Gasteiger charge is 2.27. The quantitative estimate of drug-likeness (QED) is 0.587. The summed E-state index contributed by atoms with van der Waals surface area (Å²) in [6.45, 7) is 0. The van der Waals surface area contributed by atoms with Crippen LogP contribution in [0.1, 0.15) is 22.0 Å². The smallest absolute Gasteiger partial charge is 0.345 e. The maximum Gasteiger partial charge on any atom is 0.345 e. The Morgan fingerprint density at radius 2 is 1.74 bits per heavy atom. The SMILES string of the molecule is O=C(O)c1c(O)cccc1OC(=O)C(O)c1cccc(F)c1F. The first-order valence-electron chi connectivity index (χ1n) is 6.22. The summed E-state index contributed by atoms with van der Waals surface area (Å²) in [6, 6.07) is 6.19. The second-order valence-corrected chi connectivity index (χ2v) is 4.42. The van der Waals surface area contributed by atoms with Crippen molar-refractivity contribution in [3.8, 4) is 11.5 Å². The van der Waals surface area contributed by atoms with Gasteiger partial charge in [0.2, 0.25) is 0 Å². The number of benzene rings is 2. The third kappa shape index (κ3) is 3.27. The highest BCUT2D eigenvalue weighted by atomic mass is 19.2. The average molecular weight is 324 g/mol. The van der Waals surface area contributed by atoms with E-state index in [2.05, 4.69) is 4.74 Å². The van der Waals surface area contributed by atoms with Gasteiger partial charge in [0.1, 0.15) is 17.1 Å². The van der Waals surface area contributed by atoms with Crippen LogP contribution in [-0.4, -0.2) is 27.3 Å². The lowest BCUT2D eigenvalue weighted by Gasteiger charge is -2.13. The zero-order valence-corrected chi connectivity index (χ0v) is 11.4. The summed E-state index contributed by atoms with van der Waals surface area (Å²) in [6.07, 6.45) is -2.17. The summed E-state index contributed by atoms with van der Waals surface area (Å²) in [5.41, 5.74) is -1.36. The third-order valence-electron chi connectivity index (χ3n) is 2.93. The van der Waals surface area contributed by atoms with E-state index in [0.29, 0.717) is 0 Å². The number of phenols is 1. The number of aromatic hydroxyl groups is 1. The van der Waals surface area contributed by atoms with Crippen molar-refractivity contribution in [3.63, 3.8) is 0 Å². The van der Waals surface area contributed by atoms with Crippen LogP contribution >= 0.6 is 0 Å². The largest absolute Gasteiger partial charge is 0.507 e. The summed E-state index contributed by atoms with van der Waals surface area (Å²) in [7, 11) is 0. The Morgan fingerprint density at radius 3 is 2.39 bits per heavy atom. The number of carboxylic acid groups (broad SMARTS) is 1. The van der Waals surface area contributed by atoms with E-state index in [1.165, 1.54) is 6.07 Å². The minimum atomic E-state index is -2.17. The van der Waals surface area contributed by atoms with E-state index in [-0.39, 0.29) is 0 Å². The number of hydrogen-bond donors (Lipinski definition) is 3. The number of aromatic carboxylic acids is 1. The van der Waals surface area contributed by atoms with Gasteiger partial charge in [0.25, 0.3) is 0 Å². The van der Waals surface area contributed by atoms with Crippen LogP contribution in [0.4, 0.5) is 8.78 Å². The normalized spacial score (nSPS) is 11.8. The van der Waals surface area contributed by atoms with Gasteiger partial charge in [-0.3, -0.25) is 0 Å². The average Bonchev–Trinajstić information content (AvgIpc) is 2.49. The Bertz CT molecular complexity index is 775. The van der Waals surface area contributed by atoms with Gasteiger partial charge in [0.15, 0.2) is 17.7 Å². The molecule has 0 aliphatic rings. The fraction of sp³-hybridized carbons (Fsp3) is 0.0667. The molecule has 120 valence electrons. The minimum absolute atomic E-state index is 0.543. The van der Waals surface area contributed by atoms with E-state index < -0.39 is 52.3 Å². The van der Waals surface area contributed by atoms with Crippen molar-refractivity contribution in [2.45, 2.75) is 6.10 Å². The second kappa shape index (κ2) is 6.41. The van der Waals surface area contributed by atoms with Crippen molar-refractivity contribution in [2.75, 3.05) is 0 Å². The Kier molecular flexibility index (Phi) is 4.56. The van der Waals surface area contributed by atoms with Crippen LogP contribution in [0.2, 0.25) is 0 Å². The van der Waals surface area contributed by atoms with Gasteiger partial charge in [-0.05, 0) is 18.2 Å². The van der Waals surface area contributed by atoms with Crippen LogP contribution in [0.15, 0.2) is 36.4 Å². The molecule has 0 aliphatic carbocycles.